The Morgan fingerprint density at radius 3 is 3.00 bits per heavy atom. The van der Waals surface area contributed by atoms with Gasteiger partial charge in [0.2, 0.25) is 0 Å². The van der Waals surface area contributed by atoms with Gasteiger partial charge in [-0.1, -0.05) is 13.3 Å². The zero-order valence-corrected chi connectivity index (χ0v) is 7.47. The van der Waals surface area contributed by atoms with E-state index < -0.39 is 0 Å². The van der Waals surface area contributed by atoms with Gasteiger partial charge < -0.3 is 5.11 Å². The number of aromatic nitrogens is 1. The van der Waals surface area contributed by atoms with Crippen molar-refractivity contribution in [1.82, 2.24) is 4.98 Å². The molecule has 1 atom stereocenters. The van der Waals surface area contributed by atoms with Gasteiger partial charge in [0.25, 0.3) is 0 Å². The molecule has 2 nitrogen and oxygen atoms in total. The number of aliphatic hydroxyl groups is 1. The van der Waals surface area contributed by atoms with Crippen molar-refractivity contribution < 1.29 is 5.11 Å². The first-order valence-corrected chi connectivity index (χ1v) is 4.73. The van der Waals surface area contributed by atoms with Crippen molar-refractivity contribution in [1.29, 1.82) is 0 Å². The van der Waals surface area contributed by atoms with E-state index in [4.69, 9.17) is 5.11 Å². The summed E-state index contributed by atoms with van der Waals surface area (Å²) in [6.45, 7) is 2.39. The molecule has 0 bridgehead atoms. The van der Waals surface area contributed by atoms with E-state index in [1.54, 1.807) is 11.3 Å². The van der Waals surface area contributed by atoms with Crippen LogP contribution in [0.3, 0.4) is 0 Å². The Hall–Kier alpha value is -0.410. The molecule has 0 fully saturated rings. The van der Waals surface area contributed by atoms with Crippen LogP contribution in [0.1, 0.15) is 18.2 Å². The van der Waals surface area contributed by atoms with Crippen molar-refractivity contribution in [3.8, 4) is 0 Å². The van der Waals surface area contributed by atoms with Gasteiger partial charge >= 0.3 is 0 Å². The van der Waals surface area contributed by atoms with Crippen molar-refractivity contribution in [3.63, 3.8) is 0 Å². The van der Waals surface area contributed by atoms with Crippen molar-refractivity contribution >= 4 is 11.3 Å². The lowest BCUT2D eigenvalue weighted by Gasteiger charge is -2.08. The second-order valence-electron chi connectivity index (χ2n) is 2.63. The van der Waals surface area contributed by atoms with Gasteiger partial charge in [-0.05, 0) is 12.3 Å². The zero-order chi connectivity index (χ0) is 8.10. The molecule has 0 saturated carbocycles. The number of hydrogen-bond donors (Lipinski definition) is 1. The van der Waals surface area contributed by atoms with Crippen LogP contribution in [0.2, 0.25) is 0 Å². The van der Waals surface area contributed by atoms with Crippen LogP contribution in [0, 0.1) is 5.92 Å². The molecule has 0 aliphatic heterocycles. The maximum absolute atomic E-state index is 8.91. The van der Waals surface area contributed by atoms with Crippen molar-refractivity contribution in [2.24, 2.45) is 5.92 Å². The zero-order valence-electron chi connectivity index (χ0n) is 6.66. The smallest absolute Gasteiger partial charge is 0.0794 e. The summed E-state index contributed by atoms with van der Waals surface area (Å²) in [5.74, 6) is 0.412. The Morgan fingerprint density at radius 2 is 2.55 bits per heavy atom. The Bertz CT molecular complexity index is 182. The summed E-state index contributed by atoms with van der Waals surface area (Å²) in [4.78, 5) is 5.25. The minimum absolute atomic E-state index is 0.286. The first-order chi connectivity index (χ1) is 5.36. The fraction of sp³-hybridized carbons (Fsp3) is 0.625. The highest BCUT2D eigenvalue weighted by molar-refractivity contribution is 7.09. The molecular formula is C8H13NOS. The van der Waals surface area contributed by atoms with E-state index in [9.17, 15) is 0 Å². The molecule has 11 heavy (non-hydrogen) atoms. The number of nitrogens with zero attached hydrogens (tertiary/aromatic N) is 1. The van der Waals surface area contributed by atoms with Crippen LogP contribution in [0.5, 0.6) is 0 Å². The lowest BCUT2D eigenvalue weighted by Crippen LogP contribution is -2.06. The van der Waals surface area contributed by atoms with Crippen LogP contribution in [0.15, 0.2) is 11.7 Å². The van der Waals surface area contributed by atoms with Crippen LogP contribution in [0.4, 0.5) is 0 Å². The predicted octanol–water partition coefficient (Wildman–Crippen LogP) is 1.70. The average molecular weight is 171 g/mol. The highest BCUT2D eigenvalue weighted by atomic mass is 32.1. The third-order valence-electron chi connectivity index (χ3n) is 1.81. The van der Waals surface area contributed by atoms with E-state index >= 15 is 0 Å². The molecule has 1 N–H and O–H groups in total. The van der Waals surface area contributed by atoms with Crippen LogP contribution in [-0.4, -0.2) is 16.7 Å². The Balaban J connectivity index is 2.41. The Morgan fingerprint density at radius 1 is 1.73 bits per heavy atom. The highest BCUT2D eigenvalue weighted by Gasteiger charge is 2.06. The SMILES string of the molecule is CCC(CO)Cc1cncs1. The summed E-state index contributed by atoms with van der Waals surface area (Å²) in [7, 11) is 0. The second-order valence-corrected chi connectivity index (χ2v) is 3.60. The van der Waals surface area contributed by atoms with E-state index in [0.29, 0.717) is 5.92 Å². The maximum atomic E-state index is 8.91. The molecule has 62 valence electrons. The average Bonchev–Trinajstić information content (AvgIpc) is 2.52. The summed E-state index contributed by atoms with van der Waals surface area (Å²) in [6, 6.07) is 0. The summed E-state index contributed by atoms with van der Waals surface area (Å²) < 4.78 is 0. The molecule has 0 amide bonds. The first-order valence-electron chi connectivity index (χ1n) is 3.85. The molecule has 1 aromatic rings. The summed E-state index contributed by atoms with van der Waals surface area (Å²) >= 11 is 1.66. The number of hydrogen-bond acceptors (Lipinski definition) is 3. The second kappa shape index (κ2) is 4.46. The third-order valence-corrected chi connectivity index (χ3v) is 2.61. The molecule has 1 unspecified atom stereocenters. The van der Waals surface area contributed by atoms with Crippen molar-refractivity contribution in [2.75, 3.05) is 6.61 Å². The molecule has 0 aliphatic carbocycles. The Kier molecular flexibility index (Phi) is 3.52. The van der Waals surface area contributed by atoms with Crippen LogP contribution in [0.25, 0.3) is 0 Å². The monoisotopic (exact) mass is 171 g/mol. The molecule has 0 radical (unpaired) electrons. The first kappa shape index (κ1) is 8.68. The number of thiazole rings is 1. The van der Waals surface area contributed by atoms with E-state index in [1.807, 2.05) is 11.7 Å². The Labute approximate surface area is 70.9 Å². The lowest BCUT2D eigenvalue weighted by molar-refractivity contribution is 0.222. The van der Waals surface area contributed by atoms with Gasteiger partial charge in [0.1, 0.15) is 0 Å². The van der Waals surface area contributed by atoms with Gasteiger partial charge in [-0.25, -0.2) is 0 Å². The highest BCUT2D eigenvalue weighted by Crippen LogP contribution is 2.14. The number of rotatable bonds is 4. The molecule has 1 aromatic heterocycles. The normalized spacial score (nSPS) is 13.3. The molecule has 0 saturated heterocycles. The van der Waals surface area contributed by atoms with Gasteiger partial charge in [0.05, 0.1) is 5.51 Å². The van der Waals surface area contributed by atoms with Gasteiger partial charge in [0, 0.05) is 17.7 Å². The minimum Gasteiger partial charge on any atom is -0.396 e. The fourth-order valence-corrected chi connectivity index (χ4v) is 1.68. The number of aliphatic hydroxyl groups excluding tert-OH is 1. The predicted molar refractivity (Wildman–Crippen MR) is 46.7 cm³/mol. The molecule has 3 heteroatoms. The van der Waals surface area contributed by atoms with Crippen molar-refractivity contribution in [3.05, 3.63) is 16.6 Å². The third kappa shape index (κ3) is 2.60. The van der Waals surface area contributed by atoms with Crippen molar-refractivity contribution in [2.45, 2.75) is 19.8 Å². The standard InChI is InChI=1S/C8H13NOS/c1-2-7(5-10)3-8-4-9-6-11-8/h4,6-7,10H,2-3,5H2,1H3. The molecule has 0 spiro atoms. The molecule has 0 aliphatic rings. The van der Waals surface area contributed by atoms with Gasteiger partial charge in [0.15, 0.2) is 0 Å². The largest absolute Gasteiger partial charge is 0.396 e. The molecule has 1 heterocycles. The maximum Gasteiger partial charge on any atom is 0.0794 e. The minimum atomic E-state index is 0.286. The van der Waals surface area contributed by atoms with Gasteiger partial charge in [-0.3, -0.25) is 4.98 Å². The summed E-state index contributed by atoms with van der Waals surface area (Å²) in [6.07, 6.45) is 3.88. The van der Waals surface area contributed by atoms with E-state index in [1.165, 1.54) is 4.88 Å². The topological polar surface area (TPSA) is 33.1 Å². The summed E-state index contributed by atoms with van der Waals surface area (Å²) in [5, 5.41) is 8.91. The molecule has 1 rings (SSSR count). The van der Waals surface area contributed by atoms with Crippen LogP contribution < -0.4 is 0 Å². The fourth-order valence-electron chi connectivity index (χ4n) is 0.965. The lowest BCUT2D eigenvalue weighted by atomic mass is 10.0. The van der Waals surface area contributed by atoms with Crippen LogP contribution >= 0.6 is 11.3 Å². The van der Waals surface area contributed by atoms with Crippen LogP contribution in [-0.2, 0) is 6.42 Å². The van der Waals surface area contributed by atoms with E-state index in [2.05, 4.69) is 11.9 Å². The van der Waals surface area contributed by atoms with E-state index in [0.717, 1.165) is 12.8 Å². The quantitative estimate of drug-likeness (QED) is 0.748. The van der Waals surface area contributed by atoms with Gasteiger partial charge in [-0.15, -0.1) is 11.3 Å². The van der Waals surface area contributed by atoms with E-state index in [-0.39, 0.29) is 6.61 Å². The molecular weight excluding hydrogens is 158 g/mol. The summed E-state index contributed by atoms with van der Waals surface area (Å²) in [5.41, 5.74) is 1.83. The molecule has 0 aromatic carbocycles. The van der Waals surface area contributed by atoms with Gasteiger partial charge in [-0.2, -0.15) is 0 Å².